The summed E-state index contributed by atoms with van der Waals surface area (Å²) in [7, 11) is 0. The van der Waals surface area contributed by atoms with E-state index < -0.39 is 18.0 Å². The highest BCUT2D eigenvalue weighted by atomic mass is 19.4. The Labute approximate surface area is 193 Å². The average Bonchev–Trinajstić information content (AvgIpc) is 3.20. The third-order valence-corrected chi connectivity index (χ3v) is 5.28. The van der Waals surface area contributed by atoms with E-state index in [-0.39, 0.29) is 23.3 Å². The Hall–Kier alpha value is -3.85. The van der Waals surface area contributed by atoms with Crippen LogP contribution in [0.1, 0.15) is 16.8 Å². The fourth-order valence-corrected chi connectivity index (χ4v) is 3.73. The van der Waals surface area contributed by atoms with Gasteiger partial charge in [0, 0.05) is 31.1 Å². The Morgan fingerprint density at radius 3 is 2.06 bits per heavy atom. The van der Waals surface area contributed by atoms with E-state index in [4.69, 9.17) is 4.74 Å². The standard InChI is InChI=1S/C25H22F3N3O3/c26-25(27,28)23-21-12-11-20(15-22(21)31(29-23)24(32)33)34-14-13-30(16-18-7-3-1-4-8-18)17-19-9-5-2-6-10-19/h1-12,15H,13-14,16-17H2,(H,32,33). The van der Waals surface area contributed by atoms with Crippen LogP contribution < -0.4 is 4.74 Å². The minimum absolute atomic E-state index is 0.178. The van der Waals surface area contributed by atoms with Crippen molar-refractivity contribution in [2.24, 2.45) is 0 Å². The van der Waals surface area contributed by atoms with Crippen molar-refractivity contribution in [2.75, 3.05) is 13.2 Å². The van der Waals surface area contributed by atoms with E-state index in [0.29, 0.717) is 24.3 Å². The van der Waals surface area contributed by atoms with Crippen molar-refractivity contribution in [1.82, 2.24) is 14.7 Å². The molecule has 0 saturated carbocycles. The number of alkyl halides is 3. The van der Waals surface area contributed by atoms with Gasteiger partial charge in [0.05, 0.1) is 5.52 Å². The summed E-state index contributed by atoms with van der Waals surface area (Å²) in [6, 6.07) is 23.8. The zero-order chi connectivity index (χ0) is 24.1. The maximum absolute atomic E-state index is 13.2. The van der Waals surface area contributed by atoms with Crippen LogP contribution in [-0.2, 0) is 19.3 Å². The van der Waals surface area contributed by atoms with Crippen LogP contribution in [-0.4, -0.2) is 39.0 Å². The minimum Gasteiger partial charge on any atom is -0.492 e. The van der Waals surface area contributed by atoms with Crippen molar-refractivity contribution in [3.05, 3.63) is 95.7 Å². The van der Waals surface area contributed by atoms with Gasteiger partial charge in [-0.2, -0.15) is 23.0 Å². The topological polar surface area (TPSA) is 67.6 Å². The first-order valence-electron chi connectivity index (χ1n) is 10.6. The predicted octanol–water partition coefficient (Wildman–Crippen LogP) is 5.66. The number of rotatable bonds is 8. The second-order valence-electron chi connectivity index (χ2n) is 7.75. The summed E-state index contributed by atoms with van der Waals surface area (Å²) in [6.45, 7) is 2.20. The molecule has 6 nitrogen and oxygen atoms in total. The Balaban J connectivity index is 1.49. The van der Waals surface area contributed by atoms with E-state index >= 15 is 0 Å². The van der Waals surface area contributed by atoms with Gasteiger partial charge in [-0.05, 0) is 23.3 Å². The lowest BCUT2D eigenvalue weighted by Gasteiger charge is -2.23. The number of hydrogen-bond acceptors (Lipinski definition) is 4. The number of benzene rings is 3. The molecule has 4 rings (SSSR count). The lowest BCUT2D eigenvalue weighted by molar-refractivity contribution is -0.140. The van der Waals surface area contributed by atoms with E-state index in [1.807, 2.05) is 60.7 Å². The van der Waals surface area contributed by atoms with Crippen molar-refractivity contribution in [3.8, 4) is 5.75 Å². The first-order valence-corrected chi connectivity index (χ1v) is 10.6. The number of halogens is 3. The van der Waals surface area contributed by atoms with Crippen LogP contribution in [0.4, 0.5) is 18.0 Å². The summed E-state index contributed by atoms with van der Waals surface area (Å²) >= 11 is 0. The molecule has 1 aromatic heterocycles. The summed E-state index contributed by atoms with van der Waals surface area (Å²) in [4.78, 5) is 13.6. The van der Waals surface area contributed by atoms with Crippen LogP contribution in [0.5, 0.6) is 5.75 Å². The molecule has 176 valence electrons. The van der Waals surface area contributed by atoms with E-state index in [1.54, 1.807) is 0 Å². The second kappa shape index (κ2) is 9.96. The molecule has 0 aliphatic rings. The molecule has 1 N–H and O–H groups in total. The first kappa shape index (κ1) is 23.3. The molecule has 0 spiro atoms. The lowest BCUT2D eigenvalue weighted by atomic mass is 10.1. The van der Waals surface area contributed by atoms with Gasteiger partial charge in [0.15, 0.2) is 5.69 Å². The molecule has 34 heavy (non-hydrogen) atoms. The largest absolute Gasteiger partial charge is 0.492 e. The van der Waals surface area contributed by atoms with Gasteiger partial charge in [0.25, 0.3) is 0 Å². The fraction of sp³-hybridized carbons (Fsp3) is 0.200. The molecule has 0 bridgehead atoms. The van der Waals surface area contributed by atoms with E-state index in [1.165, 1.54) is 18.2 Å². The van der Waals surface area contributed by atoms with Crippen LogP contribution in [0, 0.1) is 0 Å². The maximum Gasteiger partial charge on any atom is 0.435 e. The summed E-state index contributed by atoms with van der Waals surface area (Å²) in [6.07, 6.45) is -6.37. The molecule has 0 atom stereocenters. The molecule has 0 radical (unpaired) electrons. The average molecular weight is 469 g/mol. The van der Waals surface area contributed by atoms with Gasteiger partial charge in [0.1, 0.15) is 12.4 Å². The molecule has 9 heteroatoms. The van der Waals surface area contributed by atoms with Crippen molar-refractivity contribution < 1.29 is 27.8 Å². The van der Waals surface area contributed by atoms with Gasteiger partial charge in [-0.15, -0.1) is 0 Å². The van der Waals surface area contributed by atoms with Crippen molar-refractivity contribution >= 4 is 17.0 Å². The molecule has 4 aromatic rings. The van der Waals surface area contributed by atoms with Gasteiger partial charge in [-0.25, -0.2) is 4.79 Å². The van der Waals surface area contributed by atoms with E-state index in [9.17, 15) is 23.1 Å². The van der Waals surface area contributed by atoms with Crippen LogP contribution in [0.25, 0.3) is 10.9 Å². The molecule has 0 saturated heterocycles. The number of aromatic nitrogens is 2. The number of ether oxygens (including phenoxy) is 1. The van der Waals surface area contributed by atoms with Gasteiger partial charge in [0.2, 0.25) is 0 Å². The quantitative estimate of drug-likeness (QED) is 0.361. The van der Waals surface area contributed by atoms with Gasteiger partial charge in [-0.1, -0.05) is 60.7 Å². The Morgan fingerprint density at radius 1 is 0.941 bits per heavy atom. The van der Waals surface area contributed by atoms with Gasteiger partial charge < -0.3 is 9.84 Å². The SMILES string of the molecule is O=C(O)n1nc(C(F)(F)F)c2ccc(OCCN(Cc3ccccc3)Cc3ccccc3)cc21. The normalized spacial score (nSPS) is 11.8. The number of hydrogen-bond donors (Lipinski definition) is 1. The third kappa shape index (κ3) is 5.55. The predicted molar refractivity (Wildman–Crippen MR) is 121 cm³/mol. The molecule has 0 aliphatic heterocycles. The molecule has 0 amide bonds. The second-order valence-corrected chi connectivity index (χ2v) is 7.75. The monoisotopic (exact) mass is 469 g/mol. The zero-order valence-electron chi connectivity index (χ0n) is 18.1. The minimum atomic E-state index is -4.77. The number of nitrogens with zero attached hydrogens (tertiary/aromatic N) is 3. The summed E-state index contributed by atoms with van der Waals surface area (Å²) < 4.78 is 45.8. The molecule has 3 aromatic carbocycles. The smallest absolute Gasteiger partial charge is 0.435 e. The molecular formula is C25H22F3N3O3. The zero-order valence-corrected chi connectivity index (χ0v) is 18.1. The molecule has 0 fully saturated rings. The highest BCUT2D eigenvalue weighted by Crippen LogP contribution is 2.35. The summed E-state index contributed by atoms with van der Waals surface area (Å²) in [5.74, 6) is 0.267. The molecule has 0 unspecified atom stereocenters. The van der Waals surface area contributed by atoms with Gasteiger partial charge in [-0.3, -0.25) is 4.90 Å². The third-order valence-electron chi connectivity index (χ3n) is 5.28. The van der Waals surface area contributed by atoms with Crippen LogP contribution in [0.2, 0.25) is 0 Å². The van der Waals surface area contributed by atoms with E-state index in [0.717, 1.165) is 11.1 Å². The molecular weight excluding hydrogens is 447 g/mol. The summed E-state index contributed by atoms with van der Waals surface area (Å²) in [5.41, 5.74) is 0.867. The van der Waals surface area contributed by atoms with Gasteiger partial charge >= 0.3 is 12.3 Å². The molecule has 1 heterocycles. The number of carbonyl (C=O) groups is 1. The first-order chi connectivity index (χ1) is 16.3. The lowest BCUT2D eigenvalue weighted by Crippen LogP contribution is -2.27. The Bertz CT molecular complexity index is 1220. The Morgan fingerprint density at radius 2 is 1.53 bits per heavy atom. The Kier molecular flexibility index (Phi) is 6.83. The van der Waals surface area contributed by atoms with Crippen molar-refractivity contribution in [1.29, 1.82) is 0 Å². The summed E-state index contributed by atoms with van der Waals surface area (Å²) in [5, 5.41) is 12.2. The van der Waals surface area contributed by atoms with Crippen LogP contribution in [0.3, 0.4) is 0 Å². The van der Waals surface area contributed by atoms with Crippen molar-refractivity contribution in [3.63, 3.8) is 0 Å². The number of fused-ring (bicyclic) bond motifs is 1. The number of carboxylic acid groups (broad SMARTS) is 1. The van der Waals surface area contributed by atoms with Crippen LogP contribution >= 0.6 is 0 Å². The maximum atomic E-state index is 13.2. The molecule has 0 aliphatic carbocycles. The fourth-order valence-electron chi connectivity index (χ4n) is 3.73. The van der Waals surface area contributed by atoms with Crippen LogP contribution in [0.15, 0.2) is 78.9 Å². The van der Waals surface area contributed by atoms with E-state index in [2.05, 4.69) is 10.00 Å². The van der Waals surface area contributed by atoms with Crippen molar-refractivity contribution in [2.45, 2.75) is 19.3 Å². The highest BCUT2D eigenvalue weighted by Gasteiger charge is 2.37. The highest BCUT2D eigenvalue weighted by molar-refractivity contribution is 5.90.